The molecule has 0 radical (unpaired) electrons. The molecule has 0 aliphatic carbocycles. The Balaban J connectivity index is 0.000000368. The van der Waals surface area contributed by atoms with Gasteiger partial charge in [-0.2, -0.15) is 8.42 Å². The molecular formula is C18H23NO4S. The van der Waals surface area contributed by atoms with Gasteiger partial charge < -0.3 is 5.11 Å². The van der Waals surface area contributed by atoms with Gasteiger partial charge in [0.05, 0.1) is 18.4 Å². The minimum absolute atomic E-state index is 0.185. The summed E-state index contributed by atoms with van der Waals surface area (Å²) in [5, 5.41) is 9.80. The molecule has 0 amide bonds. The first kappa shape index (κ1) is 18.6. The summed E-state index contributed by atoms with van der Waals surface area (Å²) in [5.41, 5.74) is 2.59. The second-order valence-corrected chi connectivity index (χ2v) is 7.36. The number of hydrogen-bond acceptors (Lipinski definition) is 4. The van der Waals surface area contributed by atoms with Crippen LogP contribution in [0.4, 0.5) is 0 Å². The van der Waals surface area contributed by atoms with Crippen molar-refractivity contribution >= 4 is 10.1 Å². The van der Waals surface area contributed by atoms with Crippen molar-refractivity contribution in [3.05, 3.63) is 71.8 Å². The predicted molar refractivity (Wildman–Crippen MR) is 94.4 cm³/mol. The fraction of sp³-hybridized carbons (Fsp3) is 0.333. The number of β-amino-alcohol motifs (C(OH)–C–C–N with tert-alkyl or cyclic N) is 1. The summed E-state index contributed by atoms with van der Waals surface area (Å²) in [6.07, 6.45) is 1.40. The Hall–Kier alpha value is -1.73. The van der Waals surface area contributed by atoms with Crippen LogP contribution in [0.15, 0.2) is 60.7 Å². The molecule has 1 heterocycles. The average molecular weight is 349 g/mol. The van der Waals surface area contributed by atoms with Gasteiger partial charge in [-0.1, -0.05) is 60.7 Å². The zero-order valence-electron chi connectivity index (χ0n) is 13.6. The molecule has 2 aromatic rings. The minimum Gasteiger partial charge on any atom is -0.392 e. The van der Waals surface area contributed by atoms with Gasteiger partial charge in [-0.15, -0.1) is 0 Å². The predicted octanol–water partition coefficient (Wildman–Crippen LogP) is 2.35. The van der Waals surface area contributed by atoms with E-state index in [9.17, 15) is 13.5 Å². The second kappa shape index (κ2) is 8.39. The normalized spacial score (nSPS) is 18.2. The quantitative estimate of drug-likeness (QED) is 0.832. The van der Waals surface area contributed by atoms with E-state index in [2.05, 4.69) is 53.4 Å². The molecule has 0 spiro atoms. The van der Waals surface area contributed by atoms with Crippen molar-refractivity contribution in [2.24, 2.45) is 0 Å². The van der Waals surface area contributed by atoms with E-state index in [1.54, 1.807) is 0 Å². The van der Waals surface area contributed by atoms with Crippen LogP contribution in [0.3, 0.4) is 0 Å². The number of aliphatic hydroxyl groups excluding tert-OH is 1. The maximum atomic E-state index is 9.80. The molecule has 6 heteroatoms. The summed E-state index contributed by atoms with van der Waals surface area (Å²) in [4.78, 5) is 2.37. The van der Waals surface area contributed by atoms with Crippen molar-refractivity contribution in [2.75, 3.05) is 19.3 Å². The number of hydrogen-bond donors (Lipinski definition) is 2. The third-order valence-electron chi connectivity index (χ3n) is 3.79. The van der Waals surface area contributed by atoms with Crippen molar-refractivity contribution in [1.82, 2.24) is 4.90 Å². The number of aliphatic hydroxyl groups is 1. The van der Waals surface area contributed by atoms with Crippen molar-refractivity contribution < 1.29 is 18.1 Å². The maximum absolute atomic E-state index is 9.80. The second-order valence-electron chi connectivity index (χ2n) is 5.89. The van der Waals surface area contributed by atoms with Gasteiger partial charge in [0, 0.05) is 13.1 Å². The third kappa shape index (κ3) is 6.05. The van der Waals surface area contributed by atoms with Crippen LogP contribution in [0.1, 0.15) is 23.6 Å². The van der Waals surface area contributed by atoms with E-state index >= 15 is 0 Å². The molecular weight excluding hydrogens is 326 g/mol. The third-order valence-corrected chi connectivity index (χ3v) is 3.79. The molecule has 1 aliphatic heterocycles. The van der Waals surface area contributed by atoms with Crippen LogP contribution < -0.4 is 0 Å². The molecule has 5 nitrogen and oxygen atoms in total. The van der Waals surface area contributed by atoms with E-state index in [1.807, 2.05) is 12.1 Å². The van der Waals surface area contributed by atoms with Gasteiger partial charge in [0.25, 0.3) is 10.1 Å². The Labute approximate surface area is 143 Å². The number of nitrogens with zero attached hydrogens (tertiary/aromatic N) is 1. The molecule has 1 atom stereocenters. The van der Waals surface area contributed by atoms with E-state index in [0.717, 1.165) is 19.5 Å². The van der Waals surface area contributed by atoms with Crippen LogP contribution in [-0.2, 0) is 10.1 Å². The molecule has 1 saturated heterocycles. The van der Waals surface area contributed by atoms with Crippen LogP contribution in [0.25, 0.3) is 0 Å². The van der Waals surface area contributed by atoms with E-state index < -0.39 is 10.1 Å². The Morgan fingerprint density at radius 2 is 1.42 bits per heavy atom. The van der Waals surface area contributed by atoms with Crippen molar-refractivity contribution in [1.29, 1.82) is 0 Å². The molecule has 0 saturated carbocycles. The highest BCUT2D eigenvalue weighted by atomic mass is 32.2. The monoisotopic (exact) mass is 349 g/mol. The lowest BCUT2D eigenvalue weighted by atomic mass is 9.97. The molecule has 1 unspecified atom stereocenters. The fourth-order valence-electron chi connectivity index (χ4n) is 2.89. The van der Waals surface area contributed by atoms with Gasteiger partial charge in [0.15, 0.2) is 0 Å². The zero-order valence-corrected chi connectivity index (χ0v) is 14.4. The number of benzene rings is 2. The van der Waals surface area contributed by atoms with E-state index in [1.165, 1.54) is 11.1 Å². The van der Waals surface area contributed by atoms with Gasteiger partial charge in [0.1, 0.15) is 0 Å². The van der Waals surface area contributed by atoms with Crippen molar-refractivity contribution in [2.45, 2.75) is 18.6 Å². The molecule has 0 bridgehead atoms. The average Bonchev–Trinajstić information content (AvgIpc) is 2.94. The molecule has 3 rings (SSSR count). The molecule has 2 aromatic carbocycles. The Kier molecular flexibility index (Phi) is 6.51. The lowest BCUT2D eigenvalue weighted by Gasteiger charge is -2.28. The fourth-order valence-corrected chi connectivity index (χ4v) is 2.89. The molecule has 2 N–H and O–H groups in total. The van der Waals surface area contributed by atoms with Crippen LogP contribution in [0.5, 0.6) is 0 Å². The van der Waals surface area contributed by atoms with Crippen molar-refractivity contribution in [3.8, 4) is 0 Å². The summed E-state index contributed by atoms with van der Waals surface area (Å²) < 4.78 is 25.9. The van der Waals surface area contributed by atoms with E-state index in [4.69, 9.17) is 4.55 Å². The first-order valence-corrected chi connectivity index (χ1v) is 9.64. The topological polar surface area (TPSA) is 77.8 Å². The lowest BCUT2D eigenvalue weighted by molar-refractivity contribution is 0.167. The smallest absolute Gasteiger partial charge is 0.261 e. The standard InChI is InChI=1S/C17H19NO.CH4O3S/c19-16-11-12-18(13-16)17(14-7-3-1-4-8-14)15-9-5-2-6-10-15;1-5(2,3)4/h1-10,16-17,19H,11-13H2;1H3,(H,2,3,4). The van der Waals surface area contributed by atoms with Crippen LogP contribution in [0, 0.1) is 0 Å². The van der Waals surface area contributed by atoms with Gasteiger partial charge in [-0.05, 0) is 17.5 Å². The molecule has 1 fully saturated rings. The highest BCUT2D eigenvalue weighted by molar-refractivity contribution is 7.85. The summed E-state index contributed by atoms with van der Waals surface area (Å²) >= 11 is 0. The Morgan fingerprint density at radius 3 is 1.75 bits per heavy atom. The van der Waals surface area contributed by atoms with Gasteiger partial charge in [-0.25, -0.2) is 0 Å². The highest BCUT2D eigenvalue weighted by Gasteiger charge is 2.28. The van der Waals surface area contributed by atoms with Crippen molar-refractivity contribution in [3.63, 3.8) is 0 Å². The Morgan fingerprint density at radius 1 is 1.00 bits per heavy atom. The molecule has 130 valence electrons. The van der Waals surface area contributed by atoms with Crippen LogP contribution in [-0.4, -0.2) is 48.4 Å². The first-order valence-electron chi connectivity index (χ1n) is 7.79. The largest absolute Gasteiger partial charge is 0.392 e. The zero-order chi connectivity index (χ0) is 17.6. The molecule has 24 heavy (non-hydrogen) atoms. The number of likely N-dealkylation sites (tertiary alicyclic amines) is 1. The van der Waals surface area contributed by atoms with Gasteiger partial charge in [0.2, 0.25) is 0 Å². The van der Waals surface area contributed by atoms with Gasteiger partial charge >= 0.3 is 0 Å². The first-order chi connectivity index (χ1) is 11.3. The molecule has 0 aromatic heterocycles. The maximum Gasteiger partial charge on any atom is 0.261 e. The van der Waals surface area contributed by atoms with Crippen LogP contribution >= 0.6 is 0 Å². The lowest BCUT2D eigenvalue weighted by Crippen LogP contribution is -2.28. The van der Waals surface area contributed by atoms with Gasteiger partial charge in [-0.3, -0.25) is 9.45 Å². The van der Waals surface area contributed by atoms with Crippen LogP contribution in [0.2, 0.25) is 0 Å². The summed E-state index contributed by atoms with van der Waals surface area (Å²) in [7, 11) is -3.67. The SMILES string of the molecule is CS(=O)(=O)O.OC1CCN(C(c2ccccc2)c2ccccc2)C1. The Bertz CT molecular complexity index is 672. The minimum atomic E-state index is -3.67. The highest BCUT2D eigenvalue weighted by Crippen LogP contribution is 2.31. The summed E-state index contributed by atoms with van der Waals surface area (Å²) in [6.45, 7) is 1.71. The molecule has 1 aliphatic rings. The summed E-state index contributed by atoms with van der Waals surface area (Å²) in [6, 6.07) is 21.3. The number of rotatable bonds is 3. The van der Waals surface area contributed by atoms with E-state index in [0.29, 0.717) is 6.26 Å². The van der Waals surface area contributed by atoms with E-state index in [-0.39, 0.29) is 12.1 Å². The summed E-state index contributed by atoms with van der Waals surface area (Å²) in [5.74, 6) is 0.